The molecule has 0 saturated carbocycles. The molecule has 24 heavy (non-hydrogen) atoms. The summed E-state index contributed by atoms with van der Waals surface area (Å²) in [4.78, 5) is 25.2. The highest BCUT2D eigenvalue weighted by Crippen LogP contribution is 2.31. The molecule has 9 heteroatoms. The van der Waals surface area contributed by atoms with Crippen LogP contribution in [0.15, 0.2) is 18.2 Å². The lowest BCUT2D eigenvalue weighted by atomic mass is 10.1. The molecule has 1 heterocycles. The van der Waals surface area contributed by atoms with Gasteiger partial charge in [-0.3, -0.25) is 9.59 Å². The van der Waals surface area contributed by atoms with E-state index in [1.54, 1.807) is 7.05 Å². The number of ether oxygens (including phenoxy) is 1. The second-order valence-corrected chi connectivity index (χ2v) is 5.24. The summed E-state index contributed by atoms with van der Waals surface area (Å²) < 4.78 is 31.8. The second-order valence-electron chi connectivity index (χ2n) is 5.24. The van der Waals surface area contributed by atoms with E-state index in [0.29, 0.717) is 18.8 Å². The van der Waals surface area contributed by atoms with Crippen LogP contribution in [0, 0.1) is 0 Å². The first-order chi connectivity index (χ1) is 11.5. The van der Waals surface area contributed by atoms with E-state index in [1.165, 1.54) is 23.1 Å². The number of hydrogen-bond donors (Lipinski definition) is 3. The van der Waals surface area contributed by atoms with Crippen molar-refractivity contribution in [2.45, 2.75) is 12.5 Å². The van der Waals surface area contributed by atoms with Gasteiger partial charge < -0.3 is 26.0 Å². The number of benzene rings is 1. The molecule has 1 fully saturated rings. The van der Waals surface area contributed by atoms with Gasteiger partial charge in [-0.1, -0.05) is 0 Å². The molecule has 0 bridgehead atoms. The predicted molar refractivity (Wildman–Crippen MR) is 85.1 cm³/mol. The van der Waals surface area contributed by atoms with Crippen molar-refractivity contribution in [3.05, 3.63) is 23.8 Å². The number of rotatable bonds is 6. The van der Waals surface area contributed by atoms with Crippen molar-refractivity contribution in [2.24, 2.45) is 5.73 Å². The molecule has 7 nitrogen and oxygen atoms in total. The fraction of sp³-hybridized carbons (Fsp3) is 0.467. The molecule has 1 aliphatic rings. The van der Waals surface area contributed by atoms with E-state index < -0.39 is 18.4 Å². The fourth-order valence-electron chi connectivity index (χ4n) is 2.38. The summed E-state index contributed by atoms with van der Waals surface area (Å²) in [7, 11) is 1.55. The van der Waals surface area contributed by atoms with Crippen LogP contribution < -0.4 is 21.3 Å². The molecule has 1 aliphatic heterocycles. The molecular weight excluding hydrogens is 322 g/mol. The van der Waals surface area contributed by atoms with Gasteiger partial charge in [0.2, 0.25) is 5.91 Å². The zero-order valence-corrected chi connectivity index (χ0v) is 13.2. The highest BCUT2D eigenvalue weighted by Gasteiger charge is 2.24. The number of carbonyl (C=O) groups excluding carboxylic acids is 2. The van der Waals surface area contributed by atoms with Crippen LogP contribution in [0.25, 0.3) is 0 Å². The Morgan fingerprint density at radius 2 is 2.21 bits per heavy atom. The molecule has 0 aromatic heterocycles. The van der Waals surface area contributed by atoms with Gasteiger partial charge in [0.05, 0.1) is 12.6 Å². The van der Waals surface area contributed by atoms with E-state index in [2.05, 4.69) is 10.6 Å². The quantitative estimate of drug-likeness (QED) is 0.698. The molecule has 0 spiro atoms. The number of hydrogen-bond acceptors (Lipinski definition) is 5. The molecule has 132 valence electrons. The molecular formula is C15H20F2N4O3. The SMILES string of the molecule is CN[C@@H](CN)C(=O)Nc1ccc(N2CCOCC2=O)cc1C(F)F. The second kappa shape index (κ2) is 8.13. The van der Waals surface area contributed by atoms with Gasteiger partial charge in [-0.05, 0) is 25.2 Å². The Labute approximate surface area is 138 Å². The molecule has 1 aromatic rings. The van der Waals surface area contributed by atoms with E-state index >= 15 is 0 Å². The maximum atomic E-state index is 13.4. The van der Waals surface area contributed by atoms with Gasteiger partial charge in [-0.2, -0.15) is 0 Å². The third kappa shape index (κ3) is 4.05. The summed E-state index contributed by atoms with van der Waals surface area (Å²) in [6, 6.07) is 3.40. The number of nitrogens with one attached hydrogen (secondary N) is 2. The summed E-state index contributed by atoms with van der Waals surface area (Å²) in [5.41, 5.74) is 5.43. The highest BCUT2D eigenvalue weighted by atomic mass is 19.3. The van der Waals surface area contributed by atoms with Gasteiger partial charge in [-0.15, -0.1) is 0 Å². The number of alkyl halides is 2. The van der Waals surface area contributed by atoms with Crippen LogP contribution in [0.2, 0.25) is 0 Å². The van der Waals surface area contributed by atoms with E-state index in [0.717, 1.165) is 0 Å². The molecule has 1 atom stereocenters. The fourth-order valence-corrected chi connectivity index (χ4v) is 2.38. The van der Waals surface area contributed by atoms with Gasteiger partial charge in [0, 0.05) is 30.0 Å². The lowest BCUT2D eigenvalue weighted by molar-refractivity contribution is -0.125. The summed E-state index contributed by atoms with van der Waals surface area (Å²) in [5.74, 6) is -0.797. The van der Waals surface area contributed by atoms with Crippen molar-refractivity contribution in [1.82, 2.24) is 5.32 Å². The standard InChI is InChI=1S/C15H20F2N4O3/c1-19-12(7-18)15(23)20-11-3-2-9(6-10(11)14(16)17)21-4-5-24-8-13(21)22/h2-3,6,12,14,19H,4-5,7-8,18H2,1H3,(H,20,23)/t12-/m0/s1. The first-order valence-electron chi connectivity index (χ1n) is 7.46. The van der Waals surface area contributed by atoms with Crippen LogP contribution in [0.5, 0.6) is 0 Å². The largest absolute Gasteiger partial charge is 0.370 e. The van der Waals surface area contributed by atoms with Crippen LogP contribution in [-0.2, 0) is 14.3 Å². The first kappa shape index (κ1) is 18.2. The Bertz CT molecular complexity index is 608. The Hall–Kier alpha value is -2.10. The van der Waals surface area contributed by atoms with Crippen LogP contribution in [0.4, 0.5) is 20.2 Å². The number of amides is 2. The lowest BCUT2D eigenvalue weighted by Crippen LogP contribution is -2.44. The van der Waals surface area contributed by atoms with Crippen molar-refractivity contribution >= 4 is 23.2 Å². The van der Waals surface area contributed by atoms with Crippen LogP contribution in [-0.4, -0.2) is 51.2 Å². The van der Waals surface area contributed by atoms with Gasteiger partial charge in [-0.25, -0.2) is 8.78 Å². The van der Waals surface area contributed by atoms with Crippen molar-refractivity contribution in [3.8, 4) is 0 Å². The molecule has 0 unspecified atom stereocenters. The highest BCUT2D eigenvalue weighted by molar-refractivity contribution is 5.97. The monoisotopic (exact) mass is 342 g/mol. The van der Waals surface area contributed by atoms with Crippen LogP contribution >= 0.6 is 0 Å². The minimum atomic E-state index is -2.80. The Balaban J connectivity index is 2.26. The van der Waals surface area contributed by atoms with Crippen molar-refractivity contribution in [3.63, 3.8) is 0 Å². The van der Waals surface area contributed by atoms with E-state index in [9.17, 15) is 18.4 Å². The predicted octanol–water partition coefficient (Wildman–Crippen LogP) is 0.473. The molecule has 1 saturated heterocycles. The van der Waals surface area contributed by atoms with Crippen LogP contribution in [0.1, 0.15) is 12.0 Å². The average Bonchev–Trinajstić information content (AvgIpc) is 2.56. The zero-order chi connectivity index (χ0) is 17.7. The van der Waals surface area contributed by atoms with Gasteiger partial charge in [0.15, 0.2) is 0 Å². The molecule has 2 rings (SSSR count). The third-order valence-electron chi connectivity index (χ3n) is 3.73. The van der Waals surface area contributed by atoms with Crippen molar-refractivity contribution < 1.29 is 23.1 Å². The maximum absolute atomic E-state index is 13.4. The molecule has 0 radical (unpaired) electrons. The summed E-state index contributed by atoms with van der Waals surface area (Å²) in [5, 5.41) is 5.14. The average molecular weight is 342 g/mol. The molecule has 1 aromatic carbocycles. The van der Waals surface area contributed by atoms with Gasteiger partial charge >= 0.3 is 0 Å². The summed E-state index contributed by atoms with van der Waals surface area (Å²) >= 11 is 0. The number of anilines is 2. The lowest BCUT2D eigenvalue weighted by Gasteiger charge is -2.27. The Morgan fingerprint density at radius 3 is 2.79 bits per heavy atom. The van der Waals surface area contributed by atoms with Crippen molar-refractivity contribution in [1.29, 1.82) is 0 Å². The first-order valence-corrected chi connectivity index (χ1v) is 7.46. The number of carbonyl (C=O) groups is 2. The Kier molecular flexibility index (Phi) is 6.18. The number of halogens is 2. The normalized spacial score (nSPS) is 16.4. The Morgan fingerprint density at radius 1 is 1.46 bits per heavy atom. The van der Waals surface area contributed by atoms with Gasteiger partial charge in [0.25, 0.3) is 12.3 Å². The van der Waals surface area contributed by atoms with E-state index in [4.69, 9.17) is 10.5 Å². The minimum Gasteiger partial charge on any atom is -0.370 e. The summed E-state index contributed by atoms with van der Waals surface area (Å²) in [6.07, 6.45) is -2.80. The van der Waals surface area contributed by atoms with E-state index in [-0.39, 0.29) is 30.3 Å². The third-order valence-corrected chi connectivity index (χ3v) is 3.73. The van der Waals surface area contributed by atoms with Crippen LogP contribution in [0.3, 0.4) is 0 Å². The van der Waals surface area contributed by atoms with Gasteiger partial charge in [0.1, 0.15) is 6.61 Å². The minimum absolute atomic E-state index is 0.00633. The number of likely N-dealkylation sites (N-methyl/N-ethyl adjacent to an activating group) is 1. The maximum Gasteiger partial charge on any atom is 0.265 e. The number of morpholine rings is 1. The molecule has 4 N–H and O–H groups in total. The smallest absolute Gasteiger partial charge is 0.265 e. The molecule has 2 amide bonds. The van der Waals surface area contributed by atoms with E-state index in [1.807, 2.05) is 0 Å². The zero-order valence-electron chi connectivity index (χ0n) is 13.2. The molecule has 0 aliphatic carbocycles. The summed E-state index contributed by atoms with van der Waals surface area (Å²) in [6.45, 7) is 0.590. The van der Waals surface area contributed by atoms with Crippen molar-refractivity contribution in [2.75, 3.05) is 43.6 Å². The number of nitrogens with zero attached hydrogens (tertiary/aromatic N) is 1. The number of nitrogens with two attached hydrogens (primary N) is 1. The topological polar surface area (TPSA) is 96.7 Å².